The second-order valence-corrected chi connectivity index (χ2v) is 4.45. The molecule has 2 N–H and O–H groups in total. The smallest absolute Gasteiger partial charge is 0.322 e. The third-order valence-electron chi connectivity index (χ3n) is 3.19. The van der Waals surface area contributed by atoms with Crippen LogP contribution in [0.15, 0.2) is 0 Å². The number of rotatable bonds is 7. The number of ether oxygens (including phenoxy) is 2. The Kier molecular flexibility index (Phi) is 6.47. The van der Waals surface area contributed by atoms with E-state index in [1.165, 1.54) is 7.11 Å². The van der Waals surface area contributed by atoms with Crippen molar-refractivity contribution in [1.82, 2.24) is 4.90 Å². The van der Waals surface area contributed by atoms with Crippen LogP contribution in [-0.2, 0) is 14.3 Å². The molecule has 0 aromatic carbocycles. The van der Waals surface area contributed by atoms with Crippen LogP contribution in [0.5, 0.6) is 0 Å². The lowest BCUT2D eigenvalue weighted by Crippen LogP contribution is -2.38. The van der Waals surface area contributed by atoms with E-state index in [9.17, 15) is 4.79 Å². The number of methoxy groups -OCH3 is 1. The van der Waals surface area contributed by atoms with Gasteiger partial charge in [-0.1, -0.05) is 6.92 Å². The number of hydrogen-bond acceptors (Lipinski definition) is 5. The number of carbonyl (C=O) groups excluding carboxylic acids is 1. The highest BCUT2D eigenvalue weighted by Gasteiger charge is 2.20. The summed E-state index contributed by atoms with van der Waals surface area (Å²) in [6.07, 6.45) is 3.28. The molecule has 100 valence electrons. The second-order valence-electron chi connectivity index (χ2n) is 4.45. The van der Waals surface area contributed by atoms with E-state index < -0.39 is 6.04 Å². The maximum absolute atomic E-state index is 11.2. The number of likely N-dealkylation sites (N-methyl/N-ethyl adjacent to an activating group) is 1. The van der Waals surface area contributed by atoms with Crippen LogP contribution in [0.1, 0.15) is 26.2 Å². The van der Waals surface area contributed by atoms with E-state index in [4.69, 9.17) is 10.5 Å². The van der Waals surface area contributed by atoms with E-state index in [2.05, 4.69) is 16.6 Å². The molecule has 0 aromatic rings. The van der Waals surface area contributed by atoms with Crippen molar-refractivity contribution in [2.75, 3.05) is 33.4 Å². The summed E-state index contributed by atoms with van der Waals surface area (Å²) in [4.78, 5) is 13.4. The van der Waals surface area contributed by atoms with Crippen molar-refractivity contribution in [3.63, 3.8) is 0 Å². The molecule has 1 aliphatic heterocycles. The Balaban J connectivity index is 2.23. The number of esters is 1. The summed E-state index contributed by atoms with van der Waals surface area (Å²) in [5, 5.41) is 0. The first-order valence-electron chi connectivity index (χ1n) is 6.34. The molecule has 1 fully saturated rings. The van der Waals surface area contributed by atoms with Gasteiger partial charge in [0.25, 0.3) is 0 Å². The Morgan fingerprint density at radius 1 is 1.65 bits per heavy atom. The van der Waals surface area contributed by atoms with Crippen molar-refractivity contribution in [1.29, 1.82) is 0 Å². The average molecular weight is 244 g/mol. The molecule has 1 rings (SSSR count). The molecule has 17 heavy (non-hydrogen) atoms. The molecule has 0 radical (unpaired) electrons. The Morgan fingerprint density at radius 2 is 2.41 bits per heavy atom. The molecule has 0 spiro atoms. The average Bonchev–Trinajstić information content (AvgIpc) is 2.85. The van der Waals surface area contributed by atoms with Gasteiger partial charge >= 0.3 is 5.97 Å². The van der Waals surface area contributed by atoms with E-state index in [-0.39, 0.29) is 5.97 Å². The van der Waals surface area contributed by atoms with Crippen molar-refractivity contribution in [2.45, 2.75) is 38.3 Å². The fraction of sp³-hybridized carbons (Fsp3) is 0.917. The van der Waals surface area contributed by atoms with Crippen molar-refractivity contribution >= 4 is 5.97 Å². The van der Waals surface area contributed by atoms with Crippen molar-refractivity contribution in [3.05, 3.63) is 0 Å². The molecule has 2 atom stereocenters. The molecule has 0 bridgehead atoms. The molecule has 2 unspecified atom stereocenters. The quantitative estimate of drug-likeness (QED) is 0.656. The summed E-state index contributed by atoms with van der Waals surface area (Å²) >= 11 is 0. The van der Waals surface area contributed by atoms with Gasteiger partial charge in [0.15, 0.2) is 0 Å². The highest BCUT2D eigenvalue weighted by molar-refractivity contribution is 5.75. The predicted molar refractivity (Wildman–Crippen MR) is 65.7 cm³/mol. The maximum Gasteiger partial charge on any atom is 0.322 e. The Bertz CT molecular complexity index is 230. The van der Waals surface area contributed by atoms with E-state index in [0.29, 0.717) is 12.5 Å². The van der Waals surface area contributed by atoms with Crippen LogP contribution in [0.3, 0.4) is 0 Å². The first-order chi connectivity index (χ1) is 8.17. The number of hydrogen-bond donors (Lipinski definition) is 1. The monoisotopic (exact) mass is 244 g/mol. The van der Waals surface area contributed by atoms with Crippen LogP contribution < -0.4 is 5.73 Å². The van der Waals surface area contributed by atoms with Gasteiger partial charge in [0, 0.05) is 19.7 Å². The van der Waals surface area contributed by atoms with Gasteiger partial charge in [0.1, 0.15) is 6.04 Å². The molecular formula is C12H24N2O3. The third-order valence-corrected chi connectivity index (χ3v) is 3.19. The van der Waals surface area contributed by atoms with Gasteiger partial charge in [-0.3, -0.25) is 4.79 Å². The van der Waals surface area contributed by atoms with Gasteiger partial charge in [0.2, 0.25) is 0 Å². The fourth-order valence-electron chi connectivity index (χ4n) is 2.05. The second kappa shape index (κ2) is 7.63. The topological polar surface area (TPSA) is 64.8 Å². The maximum atomic E-state index is 11.2. The van der Waals surface area contributed by atoms with Gasteiger partial charge in [-0.15, -0.1) is 0 Å². The first kappa shape index (κ1) is 14.4. The number of nitrogens with zero attached hydrogens (tertiary/aromatic N) is 1. The van der Waals surface area contributed by atoms with Crippen LogP contribution in [0.25, 0.3) is 0 Å². The van der Waals surface area contributed by atoms with Gasteiger partial charge < -0.3 is 20.1 Å². The molecule has 0 aromatic heterocycles. The minimum atomic E-state index is -0.515. The fourth-order valence-corrected chi connectivity index (χ4v) is 2.05. The van der Waals surface area contributed by atoms with Gasteiger partial charge in [0.05, 0.1) is 13.2 Å². The van der Waals surface area contributed by atoms with Crippen LogP contribution in [0.2, 0.25) is 0 Å². The van der Waals surface area contributed by atoms with Crippen molar-refractivity contribution in [3.8, 4) is 0 Å². The zero-order chi connectivity index (χ0) is 12.7. The molecule has 1 heterocycles. The highest BCUT2D eigenvalue weighted by Crippen LogP contribution is 2.13. The minimum Gasteiger partial charge on any atom is -0.468 e. The molecule has 0 amide bonds. The normalized spacial score (nSPS) is 21.8. The van der Waals surface area contributed by atoms with Crippen LogP contribution in [0, 0.1) is 0 Å². The first-order valence-corrected chi connectivity index (χ1v) is 6.34. The number of carbonyl (C=O) groups is 1. The molecule has 5 heteroatoms. The zero-order valence-corrected chi connectivity index (χ0v) is 10.9. The summed E-state index contributed by atoms with van der Waals surface area (Å²) in [7, 11) is 1.37. The van der Waals surface area contributed by atoms with Crippen LogP contribution in [-0.4, -0.2) is 56.4 Å². The van der Waals surface area contributed by atoms with E-state index >= 15 is 0 Å². The molecule has 1 saturated heterocycles. The predicted octanol–water partition coefficient (Wildman–Crippen LogP) is 0.378. The van der Waals surface area contributed by atoms with Crippen molar-refractivity contribution < 1.29 is 14.3 Å². The molecule has 1 aliphatic rings. The summed E-state index contributed by atoms with van der Waals surface area (Å²) in [5.74, 6) is -0.335. The Hall–Kier alpha value is -0.650. The van der Waals surface area contributed by atoms with E-state index in [1.807, 2.05) is 0 Å². The summed E-state index contributed by atoms with van der Waals surface area (Å²) in [5.41, 5.74) is 5.71. The van der Waals surface area contributed by atoms with E-state index in [0.717, 1.165) is 39.1 Å². The standard InChI is InChI=1S/C12H24N2O3/c1-3-14(9-10-5-4-8-17-10)7-6-11(13)12(15)16-2/h10-11H,3-9,13H2,1-2H3. The van der Waals surface area contributed by atoms with Crippen LogP contribution in [0.4, 0.5) is 0 Å². The molecule has 0 aliphatic carbocycles. The highest BCUT2D eigenvalue weighted by atomic mass is 16.5. The largest absolute Gasteiger partial charge is 0.468 e. The summed E-state index contributed by atoms with van der Waals surface area (Å²) in [6, 6.07) is -0.515. The number of nitrogens with two attached hydrogens (primary N) is 1. The lowest BCUT2D eigenvalue weighted by Gasteiger charge is -2.24. The SMILES string of the molecule is CCN(CCC(N)C(=O)OC)CC1CCCO1. The van der Waals surface area contributed by atoms with Gasteiger partial charge in [-0.2, -0.15) is 0 Å². The zero-order valence-electron chi connectivity index (χ0n) is 10.9. The third kappa shape index (κ3) is 5.02. The molecule has 5 nitrogen and oxygen atoms in total. The van der Waals surface area contributed by atoms with Gasteiger partial charge in [-0.25, -0.2) is 0 Å². The summed E-state index contributed by atoms with van der Waals surface area (Å²) < 4.78 is 10.2. The van der Waals surface area contributed by atoms with Gasteiger partial charge in [-0.05, 0) is 25.8 Å². The Morgan fingerprint density at radius 3 is 2.94 bits per heavy atom. The molecule has 0 saturated carbocycles. The molecular weight excluding hydrogens is 220 g/mol. The van der Waals surface area contributed by atoms with Crippen molar-refractivity contribution in [2.24, 2.45) is 5.73 Å². The minimum absolute atomic E-state index is 0.335. The Labute approximate surface area is 103 Å². The summed E-state index contributed by atoms with van der Waals surface area (Å²) in [6.45, 7) is 5.69. The lowest BCUT2D eigenvalue weighted by atomic mass is 10.2. The van der Waals surface area contributed by atoms with E-state index in [1.54, 1.807) is 0 Å². The lowest BCUT2D eigenvalue weighted by molar-refractivity contribution is -0.142. The van der Waals surface area contributed by atoms with Crippen LogP contribution >= 0.6 is 0 Å².